The van der Waals surface area contributed by atoms with Crippen LogP contribution in [0.3, 0.4) is 0 Å². The summed E-state index contributed by atoms with van der Waals surface area (Å²) in [6.45, 7) is -0.465. The number of nitrogens with one attached hydrogen (secondary N) is 1. The summed E-state index contributed by atoms with van der Waals surface area (Å²) in [5.74, 6) is -0.932. The fourth-order valence-electron chi connectivity index (χ4n) is 2.46. The topological polar surface area (TPSA) is 144 Å². The van der Waals surface area contributed by atoms with Crippen molar-refractivity contribution in [3.8, 4) is 17.1 Å². The maximum absolute atomic E-state index is 11.8. The smallest absolute Gasteiger partial charge is 0.335 e. The zero-order valence-corrected chi connectivity index (χ0v) is 15.3. The molecule has 0 aliphatic heterocycles. The van der Waals surface area contributed by atoms with E-state index in [1.165, 1.54) is 36.5 Å². The van der Waals surface area contributed by atoms with E-state index in [9.17, 15) is 19.7 Å². The Bertz CT molecular complexity index is 1120. The van der Waals surface area contributed by atoms with Crippen molar-refractivity contribution in [2.24, 2.45) is 5.10 Å². The molecule has 1 amide bonds. The van der Waals surface area contributed by atoms with Crippen LogP contribution in [0.25, 0.3) is 11.3 Å². The Morgan fingerprint density at radius 3 is 2.73 bits per heavy atom. The molecular formula is C20H15N3O7. The molecule has 0 fully saturated rings. The summed E-state index contributed by atoms with van der Waals surface area (Å²) >= 11 is 0. The van der Waals surface area contributed by atoms with Gasteiger partial charge in [0, 0.05) is 11.6 Å². The van der Waals surface area contributed by atoms with Crippen molar-refractivity contribution in [2.75, 3.05) is 6.61 Å². The average molecular weight is 409 g/mol. The Morgan fingerprint density at radius 2 is 1.97 bits per heavy atom. The van der Waals surface area contributed by atoms with Crippen molar-refractivity contribution in [2.45, 2.75) is 0 Å². The molecule has 10 heteroatoms. The molecule has 2 aromatic carbocycles. The lowest BCUT2D eigenvalue weighted by Crippen LogP contribution is -2.24. The lowest BCUT2D eigenvalue weighted by molar-refractivity contribution is -0.385. The predicted octanol–water partition coefficient (Wildman–Crippen LogP) is 3.08. The Labute approximate surface area is 169 Å². The van der Waals surface area contributed by atoms with Gasteiger partial charge in [-0.15, -0.1) is 0 Å². The first-order valence-electron chi connectivity index (χ1n) is 8.56. The van der Waals surface area contributed by atoms with Crippen LogP contribution in [0.4, 0.5) is 5.69 Å². The quantitative estimate of drug-likeness (QED) is 0.330. The monoisotopic (exact) mass is 409 g/mol. The van der Waals surface area contributed by atoms with Crippen molar-refractivity contribution in [3.63, 3.8) is 0 Å². The number of nitro benzene ring substituents is 1. The van der Waals surface area contributed by atoms with Crippen molar-refractivity contribution >= 4 is 23.8 Å². The van der Waals surface area contributed by atoms with Crippen LogP contribution in [0.1, 0.15) is 16.1 Å². The fourth-order valence-corrected chi connectivity index (χ4v) is 2.46. The molecule has 0 unspecified atom stereocenters. The van der Waals surface area contributed by atoms with Crippen LogP contribution >= 0.6 is 0 Å². The summed E-state index contributed by atoms with van der Waals surface area (Å²) in [4.78, 5) is 33.2. The van der Waals surface area contributed by atoms with Gasteiger partial charge in [-0.1, -0.05) is 24.3 Å². The van der Waals surface area contributed by atoms with Crippen LogP contribution in [0, 0.1) is 10.1 Å². The zero-order chi connectivity index (χ0) is 21.5. The van der Waals surface area contributed by atoms with E-state index >= 15 is 0 Å². The van der Waals surface area contributed by atoms with E-state index in [0.717, 1.165) is 0 Å². The number of aromatic carboxylic acids is 1. The molecule has 0 spiro atoms. The van der Waals surface area contributed by atoms with Crippen molar-refractivity contribution in [1.82, 2.24) is 5.43 Å². The summed E-state index contributed by atoms with van der Waals surface area (Å²) in [5.41, 5.74) is 2.68. The highest BCUT2D eigenvalue weighted by molar-refractivity contribution is 5.89. The highest BCUT2D eigenvalue weighted by Crippen LogP contribution is 2.25. The summed E-state index contributed by atoms with van der Waals surface area (Å²) < 4.78 is 10.7. The van der Waals surface area contributed by atoms with Gasteiger partial charge >= 0.3 is 11.7 Å². The summed E-state index contributed by atoms with van der Waals surface area (Å²) in [6.07, 6.45) is 1.26. The number of carboxylic acid groups (broad SMARTS) is 1. The van der Waals surface area contributed by atoms with E-state index in [1.807, 2.05) is 0 Å². The lowest BCUT2D eigenvalue weighted by atomic mass is 10.1. The third-order valence-corrected chi connectivity index (χ3v) is 3.82. The molecule has 0 bridgehead atoms. The van der Waals surface area contributed by atoms with Crippen molar-refractivity contribution in [1.29, 1.82) is 0 Å². The highest BCUT2D eigenvalue weighted by Gasteiger charge is 2.14. The number of nitro groups is 1. The standard InChI is InChI=1S/C20H15N3O7/c24-19(12-29-18-7-2-1-6-16(18)23(27)28)22-21-11-15-8-9-17(30-15)13-4-3-5-14(10-13)20(25)26/h1-11H,12H2,(H,22,24)(H,25,26). The van der Waals surface area contributed by atoms with Gasteiger partial charge in [-0.05, 0) is 30.3 Å². The highest BCUT2D eigenvalue weighted by atomic mass is 16.6. The van der Waals surface area contributed by atoms with Gasteiger partial charge < -0.3 is 14.3 Å². The molecule has 0 saturated heterocycles. The Kier molecular flexibility index (Phi) is 6.18. The average Bonchev–Trinajstić information content (AvgIpc) is 3.21. The summed E-state index contributed by atoms with van der Waals surface area (Å²) in [7, 11) is 0. The predicted molar refractivity (Wildman–Crippen MR) is 105 cm³/mol. The second-order valence-electron chi connectivity index (χ2n) is 5.89. The third kappa shape index (κ3) is 5.07. The van der Waals surface area contributed by atoms with E-state index in [1.54, 1.807) is 30.3 Å². The number of hydrazone groups is 1. The van der Waals surface area contributed by atoms with Gasteiger partial charge in [0.05, 0.1) is 16.7 Å². The second kappa shape index (κ2) is 9.15. The first kappa shape index (κ1) is 20.3. The maximum atomic E-state index is 11.8. The van der Waals surface area contributed by atoms with Gasteiger partial charge in [-0.2, -0.15) is 5.10 Å². The fraction of sp³-hybridized carbons (Fsp3) is 0.0500. The Balaban J connectivity index is 1.56. The van der Waals surface area contributed by atoms with E-state index in [4.69, 9.17) is 14.3 Å². The van der Waals surface area contributed by atoms with Gasteiger partial charge in [0.2, 0.25) is 0 Å². The molecule has 10 nitrogen and oxygen atoms in total. The van der Waals surface area contributed by atoms with E-state index in [0.29, 0.717) is 17.1 Å². The zero-order valence-electron chi connectivity index (χ0n) is 15.3. The number of ether oxygens (including phenoxy) is 1. The minimum absolute atomic E-state index is 0.0269. The molecule has 1 heterocycles. The van der Waals surface area contributed by atoms with Gasteiger partial charge in [0.1, 0.15) is 11.5 Å². The molecule has 0 radical (unpaired) electrons. The summed E-state index contributed by atoms with van der Waals surface area (Å²) in [6, 6.07) is 15.2. The van der Waals surface area contributed by atoms with Crippen molar-refractivity contribution in [3.05, 3.63) is 82.1 Å². The number of nitrogens with zero attached hydrogens (tertiary/aromatic N) is 2. The minimum atomic E-state index is -1.05. The van der Waals surface area contributed by atoms with Gasteiger partial charge in [0.15, 0.2) is 12.4 Å². The molecule has 3 rings (SSSR count). The Hall–Kier alpha value is -4.47. The van der Waals surface area contributed by atoms with Gasteiger partial charge in [-0.25, -0.2) is 10.2 Å². The summed E-state index contributed by atoms with van der Waals surface area (Å²) in [5, 5.41) is 23.7. The first-order valence-corrected chi connectivity index (χ1v) is 8.56. The molecule has 0 aliphatic carbocycles. The lowest BCUT2D eigenvalue weighted by Gasteiger charge is -2.05. The number of benzene rings is 2. The molecule has 3 aromatic rings. The number of amides is 1. The van der Waals surface area contributed by atoms with Crippen molar-refractivity contribution < 1.29 is 28.8 Å². The van der Waals surface area contributed by atoms with Crippen LogP contribution in [0.2, 0.25) is 0 Å². The number of hydrogen-bond acceptors (Lipinski definition) is 7. The number of carboxylic acids is 1. The Morgan fingerprint density at radius 1 is 1.17 bits per heavy atom. The normalized spacial score (nSPS) is 10.7. The van der Waals surface area contributed by atoms with Crippen LogP contribution in [-0.2, 0) is 4.79 Å². The number of carbonyl (C=O) groups excluding carboxylic acids is 1. The first-order chi connectivity index (χ1) is 14.4. The van der Waals surface area contributed by atoms with Crippen LogP contribution in [-0.4, -0.2) is 34.7 Å². The number of carbonyl (C=O) groups is 2. The van der Waals surface area contributed by atoms with E-state index in [2.05, 4.69) is 10.5 Å². The molecule has 2 N–H and O–H groups in total. The number of hydrogen-bond donors (Lipinski definition) is 2. The molecule has 30 heavy (non-hydrogen) atoms. The third-order valence-electron chi connectivity index (χ3n) is 3.82. The molecule has 0 saturated carbocycles. The molecule has 1 aromatic heterocycles. The van der Waals surface area contributed by atoms with Crippen LogP contribution in [0.5, 0.6) is 5.75 Å². The van der Waals surface area contributed by atoms with E-state index in [-0.39, 0.29) is 17.0 Å². The number of rotatable bonds is 8. The van der Waals surface area contributed by atoms with Gasteiger partial charge in [-0.3, -0.25) is 14.9 Å². The number of para-hydroxylation sites is 2. The second-order valence-corrected chi connectivity index (χ2v) is 5.89. The van der Waals surface area contributed by atoms with Crippen LogP contribution in [0.15, 0.2) is 70.2 Å². The SMILES string of the molecule is O=C(COc1ccccc1[N+](=O)[O-])NN=Cc1ccc(-c2cccc(C(=O)O)c2)o1. The van der Waals surface area contributed by atoms with E-state index < -0.39 is 23.4 Å². The number of furan rings is 1. The van der Waals surface area contributed by atoms with Gasteiger partial charge in [0.25, 0.3) is 5.91 Å². The molecule has 152 valence electrons. The minimum Gasteiger partial charge on any atom is -0.478 e. The molecule has 0 aliphatic rings. The largest absolute Gasteiger partial charge is 0.478 e. The van der Waals surface area contributed by atoms with Crippen LogP contribution < -0.4 is 10.2 Å². The molecule has 0 atom stereocenters. The maximum Gasteiger partial charge on any atom is 0.335 e. The molecular weight excluding hydrogens is 394 g/mol.